The lowest BCUT2D eigenvalue weighted by molar-refractivity contribution is 0.344. The molecule has 4 nitrogen and oxygen atoms in total. The van der Waals surface area contributed by atoms with Gasteiger partial charge >= 0.3 is 0 Å². The van der Waals surface area contributed by atoms with E-state index in [-0.39, 0.29) is 5.56 Å². The smallest absolute Gasteiger partial charge is 0.266 e. The van der Waals surface area contributed by atoms with Crippen molar-refractivity contribution in [3.63, 3.8) is 0 Å². The molecule has 0 bridgehead atoms. The van der Waals surface area contributed by atoms with Crippen LogP contribution in [0, 0.1) is 0 Å². The van der Waals surface area contributed by atoms with E-state index in [0.29, 0.717) is 38.5 Å². The Kier molecular flexibility index (Phi) is 6.09. The molecule has 1 heterocycles. The summed E-state index contributed by atoms with van der Waals surface area (Å²) in [6, 6.07) is 21.7. The van der Waals surface area contributed by atoms with E-state index < -0.39 is 0 Å². The van der Waals surface area contributed by atoms with Crippen molar-refractivity contribution < 1.29 is 4.74 Å². The summed E-state index contributed by atoms with van der Waals surface area (Å²) in [5, 5.41) is 2.46. The van der Waals surface area contributed by atoms with E-state index in [0.717, 1.165) is 11.4 Å². The number of hydrogen-bond donors (Lipinski definition) is 0. The maximum Gasteiger partial charge on any atom is 0.266 e. The molecular weight excluding hydrogens is 427 g/mol. The number of halogens is 2. The molecular formula is C22H16Cl2N2O2S. The second-order valence-corrected chi connectivity index (χ2v) is 8.11. The van der Waals surface area contributed by atoms with E-state index in [2.05, 4.69) is 0 Å². The highest BCUT2D eigenvalue weighted by molar-refractivity contribution is 7.99. The van der Waals surface area contributed by atoms with Gasteiger partial charge in [-0.25, -0.2) is 4.98 Å². The van der Waals surface area contributed by atoms with Gasteiger partial charge in [0, 0.05) is 15.8 Å². The predicted octanol–water partition coefficient (Wildman–Crippen LogP) is 5.86. The minimum atomic E-state index is -0.112. The SMILES string of the molecule is O=c1c2ccccc2nc(SCCOc2ccc(Cl)cc2)n1-c1ccc(Cl)cc1. The van der Waals surface area contributed by atoms with Gasteiger partial charge in [0.15, 0.2) is 5.16 Å². The standard InChI is InChI=1S/C22H16Cl2N2O2S/c23-15-5-9-17(10-6-15)26-21(27)19-3-1-2-4-20(19)25-22(26)29-14-13-28-18-11-7-16(24)8-12-18/h1-12H,13-14H2. The lowest BCUT2D eigenvalue weighted by Crippen LogP contribution is -2.22. The molecule has 146 valence electrons. The predicted molar refractivity (Wildman–Crippen MR) is 120 cm³/mol. The molecule has 0 aliphatic heterocycles. The number of benzene rings is 3. The van der Waals surface area contributed by atoms with E-state index in [1.54, 1.807) is 34.9 Å². The number of thioether (sulfide) groups is 1. The first-order chi connectivity index (χ1) is 14.1. The maximum absolute atomic E-state index is 13.2. The minimum absolute atomic E-state index is 0.112. The third-order valence-corrected chi connectivity index (χ3v) is 5.63. The molecule has 0 saturated carbocycles. The van der Waals surface area contributed by atoms with Crippen LogP contribution in [0.2, 0.25) is 10.0 Å². The van der Waals surface area contributed by atoms with Gasteiger partial charge in [0.1, 0.15) is 5.75 Å². The third kappa shape index (κ3) is 4.58. The Balaban J connectivity index is 1.61. The first kappa shape index (κ1) is 19.8. The summed E-state index contributed by atoms with van der Waals surface area (Å²) in [6.45, 7) is 0.468. The van der Waals surface area contributed by atoms with Crippen molar-refractivity contribution in [1.29, 1.82) is 0 Å². The second-order valence-electron chi connectivity index (χ2n) is 6.18. The molecule has 0 aliphatic rings. The van der Waals surface area contributed by atoms with E-state index in [9.17, 15) is 4.79 Å². The number of rotatable bonds is 6. The number of para-hydroxylation sites is 1. The largest absolute Gasteiger partial charge is 0.493 e. The van der Waals surface area contributed by atoms with Crippen LogP contribution in [0.3, 0.4) is 0 Å². The summed E-state index contributed by atoms with van der Waals surface area (Å²) >= 11 is 13.4. The van der Waals surface area contributed by atoms with Gasteiger partial charge in [0.25, 0.3) is 5.56 Å². The average Bonchev–Trinajstić information content (AvgIpc) is 2.74. The molecule has 0 atom stereocenters. The highest BCUT2D eigenvalue weighted by Crippen LogP contribution is 2.23. The van der Waals surface area contributed by atoms with Gasteiger partial charge in [-0.2, -0.15) is 0 Å². The van der Waals surface area contributed by atoms with Crippen LogP contribution in [0.1, 0.15) is 0 Å². The normalized spacial score (nSPS) is 11.0. The molecule has 0 amide bonds. The fourth-order valence-electron chi connectivity index (χ4n) is 2.85. The summed E-state index contributed by atoms with van der Waals surface area (Å²) < 4.78 is 7.37. The van der Waals surface area contributed by atoms with Crippen LogP contribution in [0.25, 0.3) is 16.6 Å². The Labute approximate surface area is 182 Å². The lowest BCUT2D eigenvalue weighted by atomic mass is 10.2. The van der Waals surface area contributed by atoms with Gasteiger partial charge in [-0.1, -0.05) is 47.1 Å². The molecule has 0 aliphatic carbocycles. The average molecular weight is 443 g/mol. The molecule has 4 rings (SSSR count). The Morgan fingerprint density at radius 3 is 2.28 bits per heavy atom. The highest BCUT2D eigenvalue weighted by atomic mass is 35.5. The summed E-state index contributed by atoms with van der Waals surface area (Å²) in [6.07, 6.45) is 0. The van der Waals surface area contributed by atoms with Gasteiger partial charge in [-0.05, 0) is 60.7 Å². The molecule has 29 heavy (non-hydrogen) atoms. The maximum atomic E-state index is 13.2. The van der Waals surface area contributed by atoms with Crippen molar-refractivity contribution in [1.82, 2.24) is 9.55 Å². The van der Waals surface area contributed by atoms with Crippen molar-refractivity contribution in [2.75, 3.05) is 12.4 Å². The Morgan fingerprint density at radius 2 is 1.55 bits per heavy atom. The van der Waals surface area contributed by atoms with Crippen LogP contribution in [-0.2, 0) is 0 Å². The van der Waals surface area contributed by atoms with E-state index >= 15 is 0 Å². The quantitative estimate of drug-likeness (QED) is 0.213. The van der Waals surface area contributed by atoms with Gasteiger partial charge < -0.3 is 4.74 Å². The van der Waals surface area contributed by atoms with Gasteiger partial charge in [-0.15, -0.1) is 0 Å². The first-order valence-corrected chi connectivity index (χ1v) is 10.6. The molecule has 0 unspecified atom stereocenters. The number of hydrogen-bond acceptors (Lipinski definition) is 4. The molecule has 0 radical (unpaired) electrons. The second kappa shape index (κ2) is 8.91. The zero-order valence-electron chi connectivity index (χ0n) is 15.2. The Hall–Kier alpha value is -2.47. The molecule has 4 aromatic rings. The fourth-order valence-corrected chi connectivity index (χ4v) is 3.93. The number of ether oxygens (including phenoxy) is 1. The number of fused-ring (bicyclic) bond motifs is 1. The van der Waals surface area contributed by atoms with Crippen LogP contribution in [0.4, 0.5) is 0 Å². The molecule has 7 heteroatoms. The molecule has 3 aromatic carbocycles. The summed E-state index contributed by atoms with van der Waals surface area (Å²) in [5.41, 5.74) is 1.28. The van der Waals surface area contributed by atoms with Crippen molar-refractivity contribution in [2.24, 2.45) is 0 Å². The summed E-state index contributed by atoms with van der Waals surface area (Å²) in [7, 11) is 0. The van der Waals surface area contributed by atoms with Crippen LogP contribution in [0.15, 0.2) is 82.7 Å². The fraction of sp³-hybridized carbons (Fsp3) is 0.0909. The molecule has 1 aromatic heterocycles. The van der Waals surface area contributed by atoms with Crippen LogP contribution in [0.5, 0.6) is 5.75 Å². The van der Waals surface area contributed by atoms with Crippen LogP contribution in [-0.4, -0.2) is 21.9 Å². The molecule has 0 N–H and O–H groups in total. The molecule has 0 spiro atoms. The van der Waals surface area contributed by atoms with Crippen molar-refractivity contribution in [3.05, 3.63) is 93.2 Å². The summed E-state index contributed by atoms with van der Waals surface area (Å²) in [4.78, 5) is 17.9. The zero-order valence-corrected chi connectivity index (χ0v) is 17.5. The van der Waals surface area contributed by atoms with E-state index in [1.807, 2.05) is 42.5 Å². The molecule has 0 saturated heterocycles. The van der Waals surface area contributed by atoms with E-state index in [1.165, 1.54) is 11.8 Å². The number of nitrogens with zero attached hydrogens (tertiary/aromatic N) is 2. The highest BCUT2D eigenvalue weighted by Gasteiger charge is 2.13. The number of aromatic nitrogens is 2. The van der Waals surface area contributed by atoms with Crippen molar-refractivity contribution >= 4 is 45.9 Å². The summed E-state index contributed by atoms with van der Waals surface area (Å²) in [5.74, 6) is 1.37. The third-order valence-electron chi connectivity index (χ3n) is 4.23. The van der Waals surface area contributed by atoms with E-state index in [4.69, 9.17) is 32.9 Å². The monoisotopic (exact) mass is 442 g/mol. The van der Waals surface area contributed by atoms with Crippen LogP contribution < -0.4 is 10.3 Å². The van der Waals surface area contributed by atoms with Crippen molar-refractivity contribution in [3.8, 4) is 11.4 Å². The van der Waals surface area contributed by atoms with Gasteiger partial charge in [0.2, 0.25) is 0 Å². The van der Waals surface area contributed by atoms with Gasteiger partial charge in [-0.3, -0.25) is 9.36 Å². The molecule has 0 fully saturated rings. The minimum Gasteiger partial charge on any atom is -0.493 e. The Morgan fingerprint density at radius 1 is 0.897 bits per heavy atom. The zero-order chi connectivity index (χ0) is 20.2. The van der Waals surface area contributed by atoms with Crippen molar-refractivity contribution in [2.45, 2.75) is 5.16 Å². The Bertz CT molecular complexity index is 1190. The topological polar surface area (TPSA) is 44.1 Å². The van der Waals surface area contributed by atoms with Gasteiger partial charge in [0.05, 0.1) is 23.2 Å². The lowest BCUT2D eigenvalue weighted by Gasteiger charge is -2.13. The van der Waals surface area contributed by atoms with Crippen LogP contribution >= 0.6 is 35.0 Å². The first-order valence-electron chi connectivity index (χ1n) is 8.91.